The smallest absolute Gasteiger partial charge is 0.225 e. The molecule has 0 spiro atoms. The molecule has 130 valence electrons. The fourth-order valence-electron chi connectivity index (χ4n) is 2.59. The van der Waals surface area contributed by atoms with Gasteiger partial charge in [-0.05, 0) is 35.2 Å². The molecule has 1 atom stereocenters. The van der Waals surface area contributed by atoms with E-state index in [1.807, 2.05) is 18.7 Å². The molecular formula is C16H27IN4OS. The summed E-state index contributed by atoms with van der Waals surface area (Å²) in [6, 6.07) is 2.43. The van der Waals surface area contributed by atoms with Gasteiger partial charge >= 0.3 is 0 Å². The molecule has 0 aromatic carbocycles. The van der Waals surface area contributed by atoms with E-state index in [4.69, 9.17) is 0 Å². The molecule has 0 radical (unpaired) electrons. The summed E-state index contributed by atoms with van der Waals surface area (Å²) in [5, 5.41) is 11.0. The van der Waals surface area contributed by atoms with Crippen LogP contribution < -0.4 is 10.6 Å². The number of rotatable bonds is 5. The number of hydrogen-bond acceptors (Lipinski definition) is 3. The van der Waals surface area contributed by atoms with Crippen molar-refractivity contribution >= 4 is 47.2 Å². The third-order valence-electron chi connectivity index (χ3n) is 3.84. The predicted octanol–water partition coefficient (Wildman–Crippen LogP) is 2.33. The second-order valence-corrected chi connectivity index (χ2v) is 6.73. The van der Waals surface area contributed by atoms with Crippen molar-refractivity contribution in [2.75, 3.05) is 26.7 Å². The lowest BCUT2D eigenvalue weighted by molar-refractivity contribution is -0.133. The van der Waals surface area contributed by atoms with Gasteiger partial charge in [0.1, 0.15) is 0 Å². The zero-order valence-corrected chi connectivity index (χ0v) is 17.2. The Kier molecular flexibility index (Phi) is 8.90. The molecule has 7 heteroatoms. The largest absolute Gasteiger partial charge is 0.356 e. The Morgan fingerprint density at radius 1 is 1.52 bits per heavy atom. The molecule has 23 heavy (non-hydrogen) atoms. The van der Waals surface area contributed by atoms with Crippen molar-refractivity contribution in [2.24, 2.45) is 10.9 Å². The van der Waals surface area contributed by atoms with E-state index in [9.17, 15) is 4.79 Å². The first-order chi connectivity index (χ1) is 10.6. The second-order valence-electron chi connectivity index (χ2n) is 5.95. The zero-order valence-electron chi connectivity index (χ0n) is 14.0. The maximum absolute atomic E-state index is 12.0. The number of guanidine groups is 1. The van der Waals surface area contributed by atoms with Crippen molar-refractivity contribution in [3.63, 3.8) is 0 Å². The average molecular weight is 450 g/mol. The van der Waals surface area contributed by atoms with Gasteiger partial charge < -0.3 is 15.5 Å². The van der Waals surface area contributed by atoms with Crippen LogP contribution in [0.2, 0.25) is 0 Å². The highest BCUT2D eigenvalue weighted by atomic mass is 127. The molecule has 1 fully saturated rings. The standard InChI is InChI=1S/C16H26N4OS.HI/c1-12(2)15(21)20-8-5-14(10-20)19-16(17-3)18-7-4-13-6-9-22-11-13;/h6,9,11-12,14H,4-5,7-8,10H2,1-3H3,(H2,17,18,19);1H. The molecule has 5 nitrogen and oxygen atoms in total. The molecule has 1 unspecified atom stereocenters. The Morgan fingerprint density at radius 3 is 2.91 bits per heavy atom. The van der Waals surface area contributed by atoms with E-state index >= 15 is 0 Å². The Morgan fingerprint density at radius 2 is 2.30 bits per heavy atom. The maximum atomic E-state index is 12.0. The van der Waals surface area contributed by atoms with Crippen molar-refractivity contribution in [2.45, 2.75) is 32.7 Å². The number of nitrogens with zero attached hydrogens (tertiary/aromatic N) is 2. The van der Waals surface area contributed by atoms with Crippen LogP contribution >= 0.6 is 35.3 Å². The van der Waals surface area contributed by atoms with E-state index in [1.54, 1.807) is 18.4 Å². The first kappa shape index (κ1) is 20.2. The number of nitrogens with one attached hydrogen (secondary N) is 2. The van der Waals surface area contributed by atoms with E-state index in [-0.39, 0.29) is 41.8 Å². The number of amides is 1. The quantitative estimate of drug-likeness (QED) is 0.412. The lowest BCUT2D eigenvalue weighted by atomic mass is 10.2. The fraction of sp³-hybridized carbons (Fsp3) is 0.625. The summed E-state index contributed by atoms with van der Waals surface area (Å²) in [5.74, 6) is 1.13. The molecule has 1 aliphatic heterocycles. The summed E-state index contributed by atoms with van der Waals surface area (Å²) in [6.45, 7) is 6.36. The van der Waals surface area contributed by atoms with E-state index in [0.29, 0.717) is 0 Å². The van der Waals surface area contributed by atoms with Crippen LogP contribution in [-0.4, -0.2) is 49.5 Å². The van der Waals surface area contributed by atoms with Gasteiger partial charge in [-0.2, -0.15) is 11.3 Å². The highest BCUT2D eigenvalue weighted by molar-refractivity contribution is 14.0. The summed E-state index contributed by atoms with van der Waals surface area (Å²) in [5.41, 5.74) is 1.35. The molecule has 1 aromatic heterocycles. The third kappa shape index (κ3) is 6.29. The van der Waals surface area contributed by atoms with E-state index in [2.05, 4.69) is 32.5 Å². The SMILES string of the molecule is CN=C(NCCc1ccsc1)NC1CCN(C(=O)C(C)C)C1.I. The van der Waals surface area contributed by atoms with Crippen LogP contribution in [0.3, 0.4) is 0 Å². The van der Waals surface area contributed by atoms with Crippen molar-refractivity contribution in [3.05, 3.63) is 22.4 Å². The molecule has 1 aromatic rings. The third-order valence-corrected chi connectivity index (χ3v) is 4.58. The Labute approximate surface area is 160 Å². The first-order valence-electron chi connectivity index (χ1n) is 7.87. The minimum Gasteiger partial charge on any atom is -0.356 e. The van der Waals surface area contributed by atoms with Gasteiger partial charge in [-0.1, -0.05) is 13.8 Å². The van der Waals surface area contributed by atoms with Gasteiger partial charge in [0.15, 0.2) is 5.96 Å². The van der Waals surface area contributed by atoms with Gasteiger partial charge in [0.2, 0.25) is 5.91 Å². The number of aliphatic imine (C=N–C) groups is 1. The van der Waals surface area contributed by atoms with Gasteiger partial charge in [-0.25, -0.2) is 0 Å². The van der Waals surface area contributed by atoms with Crippen molar-refractivity contribution in [3.8, 4) is 0 Å². The first-order valence-corrected chi connectivity index (χ1v) is 8.81. The van der Waals surface area contributed by atoms with Gasteiger partial charge in [-0.3, -0.25) is 9.79 Å². The van der Waals surface area contributed by atoms with Crippen LogP contribution in [-0.2, 0) is 11.2 Å². The number of thiophene rings is 1. The Hall–Kier alpha value is -0.830. The summed E-state index contributed by atoms with van der Waals surface area (Å²) in [6.07, 6.45) is 1.97. The number of hydrogen-bond donors (Lipinski definition) is 2. The molecule has 1 saturated heterocycles. The molecular weight excluding hydrogens is 423 g/mol. The van der Waals surface area contributed by atoms with Crippen molar-refractivity contribution in [1.29, 1.82) is 0 Å². The minimum atomic E-state index is 0. The summed E-state index contributed by atoms with van der Waals surface area (Å²) in [7, 11) is 1.78. The Bertz CT molecular complexity index is 504. The van der Waals surface area contributed by atoms with Crippen LogP contribution in [0.5, 0.6) is 0 Å². The number of carbonyl (C=O) groups is 1. The zero-order chi connectivity index (χ0) is 15.9. The van der Waals surface area contributed by atoms with Crippen molar-refractivity contribution < 1.29 is 4.79 Å². The monoisotopic (exact) mass is 450 g/mol. The number of likely N-dealkylation sites (tertiary alicyclic amines) is 1. The molecule has 1 amide bonds. The molecule has 0 saturated carbocycles. The lowest BCUT2D eigenvalue weighted by Gasteiger charge is -2.20. The highest BCUT2D eigenvalue weighted by Crippen LogP contribution is 2.12. The summed E-state index contributed by atoms with van der Waals surface area (Å²) in [4.78, 5) is 18.2. The molecule has 0 bridgehead atoms. The number of halogens is 1. The topological polar surface area (TPSA) is 56.7 Å². The van der Waals surface area contributed by atoms with Crippen LogP contribution in [0.25, 0.3) is 0 Å². The van der Waals surface area contributed by atoms with Crippen LogP contribution in [0.1, 0.15) is 25.8 Å². The fourth-order valence-corrected chi connectivity index (χ4v) is 3.29. The van der Waals surface area contributed by atoms with Gasteiger partial charge in [0.25, 0.3) is 0 Å². The van der Waals surface area contributed by atoms with E-state index in [1.165, 1.54) is 5.56 Å². The average Bonchev–Trinajstić information content (AvgIpc) is 3.16. The highest BCUT2D eigenvalue weighted by Gasteiger charge is 2.27. The molecule has 2 heterocycles. The molecule has 1 aliphatic rings. The van der Waals surface area contributed by atoms with Gasteiger partial charge in [0, 0.05) is 38.6 Å². The predicted molar refractivity (Wildman–Crippen MR) is 108 cm³/mol. The van der Waals surface area contributed by atoms with Crippen LogP contribution in [0.4, 0.5) is 0 Å². The van der Waals surface area contributed by atoms with Gasteiger partial charge in [0.05, 0.1) is 0 Å². The molecule has 0 aliphatic carbocycles. The van der Waals surface area contributed by atoms with E-state index in [0.717, 1.165) is 38.4 Å². The normalized spacial score (nSPS) is 18.0. The lowest BCUT2D eigenvalue weighted by Crippen LogP contribution is -2.45. The molecule has 2 N–H and O–H groups in total. The summed E-state index contributed by atoms with van der Waals surface area (Å²) < 4.78 is 0. The number of carbonyl (C=O) groups excluding carboxylic acids is 1. The van der Waals surface area contributed by atoms with Crippen LogP contribution in [0, 0.1) is 5.92 Å². The summed E-state index contributed by atoms with van der Waals surface area (Å²) >= 11 is 1.72. The maximum Gasteiger partial charge on any atom is 0.225 e. The van der Waals surface area contributed by atoms with E-state index < -0.39 is 0 Å². The van der Waals surface area contributed by atoms with Gasteiger partial charge in [-0.15, -0.1) is 24.0 Å². The van der Waals surface area contributed by atoms with Crippen molar-refractivity contribution in [1.82, 2.24) is 15.5 Å². The minimum absolute atomic E-state index is 0. The Balaban J connectivity index is 0.00000264. The van der Waals surface area contributed by atoms with Crippen LogP contribution in [0.15, 0.2) is 21.8 Å². The second kappa shape index (κ2) is 10.1. The molecule has 2 rings (SSSR count).